The Balaban J connectivity index is 0.000000359. The van der Waals surface area contributed by atoms with E-state index in [4.69, 9.17) is 0 Å². The quantitative estimate of drug-likeness (QED) is 0.0932. The minimum atomic E-state index is -0.863. The SMILES string of the molecule is CC[C@@H](CCc1ccccc1)NC(=O)CN(CCc1ccccc1)C(=O)CCCc1ccncc1.COC(=O)C(CCc1ccncc1)C(=O)OC. The van der Waals surface area contributed by atoms with Gasteiger partial charge in [-0.2, -0.15) is 0 Å². The fourth-order valence-electron chi connectivity index (χ4n) is 5.64. The van der Waals surface area contributed by atoms with Crippen molar-refractivity contribution < 1.29 is 28.7 Å². The van der Waals surface area contributed by atoms with Crippen LogP contribution in [0, 0.1) is 5.92 Å². The molecule has 10 heteroatoms. The number of hydrogen-bond donors (Lipinski definition) is 1. The zero-order valence-corrected chi connectivity index (χ0v) is 30.6. The lowest BCUT2D eigenvalue weighted by Gasteiger charge is -2.24. The first-order chi connectivity index (χ1) is 25.3. The first-order valence-corrected chi connectivity index (χ1v) is 17.9. The smallest absolute Gasteiger partial charge is 0.320 e. The van der Waals surface area contributed by atoms with Crippen LogP contribution in [0.15, 0.2) is 110 Å². The second-order valence-corrected chi connectivity index (χ2v) is 12.4. The second kappa shape index (κ2) is 23.9. The van der Waals surface area contributed by atoms with Gasteiger partial charge in [-0.3, -0.25) is 29.1 Å². The summed E-state index contributed by atoms with van der Waals surface area (Å²) in [6, 6.07) is 28.2. The number of esters is 2. The molecule has 10 nitrogen and oxygen atoms in total. The molecule has 276 valence electrons. The summed E-state index contributed by atoms with van der Waals surface area (Å²) in [6.45, 7) is 2.72. The van der Waals surface area contributed by atoms with E-state index in [9.17, 15) is 19.2 Å². The lowest BCUT2D eigenvalue weighted by atomic mass is 10.0. The molecular weight excluding hydrogens is 656 g/mol. The fraction of sp³-hybridized carbons (Fsp3) is 0.381. The van der Waals surface area contributed by atoms with Crippen LogP contribution >= 0.6 is 0 Å². The summed E-state index contributed by atoms with van der Waals surface area (Å²) >= 11 is 0. The van der Waals surface area contributed by atoms with Gasteiger partial charge in [-0.1, -0.05) is 67.6 Å². The summed E-state index contributed by atoms with van der Waals surface area (Å²) < 4.78 is 9.14. The van der Waals surface area contributed by atoms with Crippen molar-refractivity contribution in [1.82, 2.24) is 20.2 Å². The Kier molecular flexibility index (Phi) is 18.9. The van der Waals surface area contributed by atoms with Gasteiger partial charge in [-0.05, 0) is 97.9 Å². The molecule has 2 aromatic heterocycles. The molecule has 0 aliphatic rings. The van der Waals surface area contributed by atoms with Gasteiger partial charge < -0.3 is 19.7 Å². The highest BCUT2D eigenvalue weighted by atomic mass is 16.5. The van der Waals surface area contributed by atoms with Crippen LogP contribution in [0.2, 0.25) is 0 Å². The molecule has 0 unspecified atom stereocenters. The zero-order valence-electron chi connectivity index (χ0n) is 30.6. The van der Waals surface area contributed by atoms with Gasteiger partial charge in [0.2, 0.25) is 11.8 Å². The molecule has 0 saturated heterocycles. The molecule has 1 atom stereocenters. The Bertz CT molecular complexity index is 1590. The van der Waals surface area contributed by atoms with E-state index in [0.29, 0.717) is 25.8 Å². The van der Waals surface area contributed by atoms with Gasteiger partial charge in [0.05, 0.1) is 20.8 Å². The number of amides is 2. The van der Waals surface area contributed by atoms with Gasteiger partial charge in [0.15, 0.2) is 5.92 Å². The number of pyridine rings is 2. The molecule has 0 bridgehead atoms. The largest absolute Gasteiger partial charge is 0.468 e. The standard InChI is InChI=1S/C30H37N3O2.C12H15NO4/c1-2-28(17-16-25-10-5-3-6-11-25)32-29(34)24-33(23-20-26-12-7-4-8-13-26)30(35)15-9-14-27-18-21-31-22-19-27;1-16-11(14)10(12(15)17-2)4-3-9-5-7-13-8-6-9/h3-8,10-13,18-19,21-22,28H,2,9,14-17,20,23-24H2,1H3,(H,32,34);5-8,10H,3-4H2,1-2H3/t28-;/m0./s1. The van der Waals surface area contributed by atoms with Crippen LogP contribution in [0.5, 0.6) is 0 Å². The molecule has 0 aliphatic heterocycles. The predicted octanol–water partition coefficient (Wildman–Crippen LogP) is 5.98. The molecule has 0 aliphatic carbocycles. The molecule has 1 N–H and O–H groups in total. The van der Waals surface area contributed by atoms with Gasteiger partial charge in [-0.25, -0.2) is 0 Å². The van der Waals surface area contributed by atoms with E-state index < -0.39 is 17.9 Å². The Labute approximate surface area is 308 Å². The second-order valence-electron chi connectivity index (χ2n) is 12.4. The number of carbonyl (C=O) groups is 4. The number of methoxy groups -OCH3 is 2. The highest BCUT2D eigenvalue weighted by molar-refractivity contribution is 5.94. The Morgan fingerprint density at radius 2 is 1.13 bits per heavy atom. The minimum absolute atomic E-state index is 0.0301. The molecule has 2 aromatic carbocycles. The maximum atomic E-state index is 13.1. The van der Waals surface area contributed by atoms with Crippen molar-refractivity contribution >= 4 is 23.8 Å². The first kappa shape index (κ1) is 41.0. The Morgan fingerprint density at radius 3 is 1.65 bits per heavy atom. The number of rotatable bonds is 19. The average Bonchev–Trinajstić information content (AvgIpc) is 3.19. The number of nitrogens with zero attached hydrogens (tertiary/aromatic N) is 3. The summed E-state index contributed by atoms with van der Waals surface area (Å²) in [7, 11) is 2.51. The van der Waals surface area contributed by atoms with Crippen LogP contribution in [0.4, 0.5) is 0 Å². The monoisotopic (exact) mass is 708 g/mol. The number of ether oxygens (including phenoxy) is 2. The highest BCUT2D eigenvalue weighted by Gasteiger charge is 2.28. The number of carbonyl (C=O) groups excluding carboxylic acids is 4. The lowest BCUT2D eigenvalue weighted by molar-refractivity contribution is -0.159. The van der Waals surface area contributed by atoms with Crippen molar-refractivity contribution in [2.75, 3.05) is 27.3 Å². The normalized spacial score (nSPS) is 11.1. The molecule has 0 spiro atoms. The van der Waals surface area contributed by atoms with E-state index in [1.165, 1.54) is 25.3 Å². The third-order valence-electron chi connectivity index (χ3n) is 8.73. The number of aryl methyl sites for hydroxylation is 3. The van der Waals surface area contributed by atoms with E-state index in [1.54, 1.807) is 29.7 Å². The van der Waals surface area contributed by atoms with Gasteiger partial charge in [0.1, 0.15) is 0 Å². The number of nitrogens with one attached hydrogen (secondary N) is 1. The summed E-state index contributed by atoms with van der Waals surface area (Å²) in [6.07, 6.45) is 13.2. The third kappa shape index (κ3) is 15.7. The molecule has 2 heterocycles. The summed E-state index contributed by atoms with van der Waals surface area (Å²) in [4.78, 5) is 58.5. The van der Waals surface area contributed by atoms with E-state index in [-0.39, 0.29) is 24.4 Å². The summed E-state index contributed by atoms with van der Waals surface area (Å²) in [5, 5.41) is 3.16. The molecule has 0 saturated carbocycles. The molecule has 0 fully saturated rings. The topological polar surface area (TPSA) is 128 Å². The maximum absolute atomic E-state index is 13.1. The molecule has 4 rings (SSSR count). The molecule has 4 aromatic rings. The van der Waals surface area contributed by atoms with E-state index >= 15 is 0 Å². The number of hydrogen-bond acceptors (Lipinski definition) is 8. The average molecular weight is 709 g/mol. The van der Waals surface area contributed by atoms with Crippen molar-refractivity contribution in [3.8, 4) is 0 Å². The molecule has 2 amide bonds. The van der Waals surface area contributed by atoms with Gasteiger partial charge in [0, 0.05) is 43.8 Å². The predicted molar refractivity (Wildman–Crippen MR) is 201 cm³/mol. The van der Waals surface area contributed by atoms with Crippen LogP contribution < -0.4 is 5.32 Å². The van der Waals surface area contributed by atoms with E-state index in [2.05, 4.69) is 55.9 Å². The number of benzene rings is 2. The van der Waals surface area contributed by atoms with Crippen molar-refractivity contribution in [3.63, 3.8) is 0 Å². The first-order valence-electron chi connectivity index (χ1n) is 17.9. The van der Waals surface area contributed by atoms with E-state index in [0.717, 1.165) is 49.7 Å². The van der Waals surface area contributed by atoms with Gasteiger partial charge in [-0.15, -0.1) is 0 Å². The highest BCUT2D eigenvalue weighted by Crippen LogP contribution is 2.13. The van der Waals surface area contributed by atoms with Crippen LogP contribution in [-0.4, -0.2) is 72.0 Å². The summed E-state index contributed by atoms with van der Waals surface area (Å²) in [5.74, 6) is -2.04. The number of aromatic nitrogens is 2. The van der Waals surface area contributed by atoms with E-state index in [1.807, 2.05) is 60.7 Å². The Morgan fingerprint density at radius 1 is 0.654 bits per heavy atom. The molecule has 52 heavy (non-hydrogen) atoms. The minimum Gasteiger partial charge on any atom is -0.468 e. The van der Waals surface area contributed by atoms with Crippen molar-refractivity contribution in [2.24, 2.45) is 5.92 Å². The van der Waals surface area contributed by atoms with Crippen LogP contribution in [0.3, 0.4) is 0 Å². The third-order valence-corrected chi connectivity index (χ3v) is 8.73. The van der Waals surface area contributed by atoms with Crippen LogP contribution in [0.25, 0.3) is 0 Å². The zero-order chi connectivity index (χ0) is 37.4. The lowest BCUT2D eigenvalue weighted by Crippen LogP contribution is -2.45. The van der Waals surface area contributed by atoms with Crippen LogP contribution in [-0.2, 0) is 54.3 Å². The fourth-order valence-corrected chi connectivity index (χ4v) is 5.64. The van der Waals surface area contributed by atoms with Crippen molar-refractivity contribution in [2.45, 2.75) is 70.8 Å². The van der Waals surface area contributed by atoms with Gasteiger partial charge >= 0.3 is 11.9 Å². The van der Waals surface area contributed by atoms with Gasteiger partial charge in [0.25, 0.3) is 0 Å². The Hall–Kier alpha value is -5.38. The van der Waals surface area contributed by atoms with Crippen molar-refractivity contribution in [3.05, 3.63) is 132 Å². The maximum Gasteiger partial charge on any atom is 0.320 e. The molecular formula is C42H52N4O6. The van der Waals surface area contributed by atoms with Crippen molar-refractivity contribution in [1.29, 1.82) is 0 Å². The molecule has 0 radical (unpaired) electrons. The van der Waals surface area contributed by atoms with Crippen LogP contribution in [0.1, 0.15) is 61.3 Å². The summed E-state index contributed by atoms with van der Waals surface area (Å²) in [5.41, 5.74) is 4.62.